The highest BCUT2D eigenvalue weighted by molar-refractivity contribution is 7.99. The third-order valence-corrected chi connectivity index (χ3v) is 11.6. The van der Waals surface area contributed by atoms with Crippen LogP contribution in [0.5, 0.6) is 0 Å². The van der Waals surface area contributed by atoms with Crippen LogP contribution in [0.15, 0.2) is 186 Å². The zero-order valence-corrected chi connectivity index (χ0v) is 28.8. The molecule has 0 atom stereocenters. The maximum atomic E-state index is 10.1. The van der Waals surface area contributed by atoms with Crippen LogP contribution in [-0.2, 0) is 5.41 Å². The van der Waals surface area contributed by atoms with Crippen LogP contribution in [0.4, 0.5) is 0 Å². The molecule has 0 amide bonds. The van der Waals surface area contributed by atoms with Crippen LogP contribution in [-0.4, -0.2) is 9.97 Å². The average molecular weight is 680 g/mol. The summed E-state index contributed by atoms with van der Waals surface area (Å²) in [6.45, 7) is 0. The quantitative estimate of drug-likeness (QED) is 0.186. The normalized spacial score (nSPS) is 13.1. The Labute approximate surface area is 307 Å². The Morgan fingerprint density at radius 3 is 1.56 bits per heavy atom. The number of hydrogen-bond acceptors (Lipinski definition) is 4. The lowest BCUT2D eigenvalue weighted by molar-refractivity contribution is 0.722. The van der Waals surface area contributed by atoms with Crippen LogP contribution < -0.4 is 0 Å². The minimum Gasteiger partial charge on any atom is -0.228 e. The minimum absolute atomic E-state index is 0.592. The standard InChI is InChI=1S/C48H29N3S/c49-30-31-23-25-36-37-26-24-34(28-42(37)48(41(36)27-31)39-19-9-11-21-45(39)52-46-22-12-10-20-40(46)48)35-17-7-8-18-38(35)47-50-43(32-13-3-1-4-14-32)29-44(51-47)33-15-5-2-6-16-33/h1-29H. The van der Waals surface area contributed by atoms with Gasteiger partial charge >= 0.3 is 0 Å². The van der Waals surface area contributed by atoms with Crippen LogP contribution in [0.25, 0.3) is 56.2 Å². The second kappa shape index (κ2) is 12.1. The number of aromatic nitrogens is 2. The molecule has 7 aromatic carbocycles. The lowest BCUT2D eigenvalue weighted by atomic mass is 9.67. The fourth-order valence-corrected chi connectivity index (χ4v) is 9.34. The van der Waals surface area contributed by atoms with E-state index in [4.69, 9.17) is 9.97 Å². The molecule has 1 spiro atoms. The number of benzene rings is 7. The molecule has 0 saturated carbocycles. The number of fused-ring (bicyclic) bond motifs is 9. The lowest BCUT2D eigenvalue weighted by Crippen LogP contribution is -2.32. The Balaban J connectivity index is 1.23. The second-order valence-corrected chi connectivity index (χ2v) is 14.3. The van der Waals surface area contributed by atoms with Crippen LogP contribution in [0.1, 0.15) is 27.8 Å². The molecule has 1 aliphatic carbocycles. The molecule has 8 aromatic rings. The van der Waals surface area contributed by atoms with E-state index in [1.807, 2.05) is 54.2 Å². The van der Waals surface area contributed by atoms with E-state index in [0.717, 1.165) is 50.3 Å². The molecule has 4 heteroatoms. The van der Waals surface area contributed by atoms with Gasteiger partial charge in [0.2, 0.25) is 0 Å². The van der Waals surface area contributed by atoms with E-state index in [9.17, 15) is 5.26 Å². The van der Waals surface area contributed by atoms with Crippen LogP contribution in [0.3, 0.4) is 0 Å². The first-order valence-electron chi connectivity index (χ1n) is 17.4. The summed E-state index contributed by atoms with van der Waals surface area (Å²) in [6, 6.07) is 64.2. The van der Waals surface area contributed by atoms with Gasteiger partial charge in [-0.15, -0.1) is 0 Å². The van der Waals surface area contributed by atoms with Gasteiger partial charge in [0, 0.05) is 26.5 Å². The molecule has 1 aromatic heterocycles. The molecule has 0 bridgehead atoms. The van der Waals surface area contributed by atoms with Crippen LogP contribution >= 0.6 is 11.8 Å². The third kappa shape index (κ3) is 4.60. The predicted octanol–water partition coefficient (Wildman–Crippen LogP) is 11.8. The van der Waals surface area contributed by atoms with Gasteiger partial charge in [-0.25, -0.2) is 9.97 Å². The Kier molecular flexibility index (Phi) is 7.02. The zero-order chi connectivity index (χ0) is 34.6. The average Bonchev–Trinajstić information content (AvgIpc) is 3.50. The van der Waals surface area contributed by atoms with Gasteiger partial charge < -0.3 is 0 Å². The Morgan fingerprint density at radius 1 is 0.423 bits per heavy atom. The molecule has 0 radical (unpaired) electrons. The lowest BCUT2D eigenvalue weighted by Gasteiger charge is -2.39. The summed E-state index contributed by atoms with van der Waals surface area (Å²) in [6.07, 6.45) is 0. The number of rotatable bonds is 4. The molecule has 0 unspecified atom stereocenters. The monoisotopic (exact) mass is 679 g/mol. The van der Waals surface area contributed by atoms with E-state index in [1.54, 1.807) is 0 Å². The molecule has 0 N–H and O–H groups in total. The van der Waals surface area contributed by atoms with Gasteiger partial charge in [0.15, 0.2) is 5.82 Å². The van der Waals surface area contributed by atoms with Crippen molar-refractivity contribution in [2.75, 3.05) is 0 Å². The van der Waals surface area contributed by atoms with Crippen LogP contribution in [0.2, 0.25) is 0 Å². The highest BCUT2D eigenvalue weighted by Gasteiger charge is 2.50. The van der Waals surface area contributed by atoms with E-state index < -0.39 is 5.41 Å². The largest absolute Gasteiger partial charge is 0.228 e. The van der Waals surface area contributed by atoms with Crippen LogP contribution in [0, 0.1) is 11.3 Å². The summed E-state index contributed by atoms with van der Waals surface area (Å²) in [7, 11) is 0. The molecule has 52 heavy (non-hydrogen) atoms. The van der Waals surface area contributed by atoms with Crippen molar-refractivity contribution in [1.82, 2.24) is 9.97 Å². The first-order chi connectivity index (χ1) is 25.7. The van der Waals surface area contributed by atoms with E-state index in [0.29, 0.717) is 11.4 Å². The number of hydrogen-bond donors (Lipinski definition) is 0. The van der Waals surface area contributed by atoms with E-state index in [-0.39, 0.29) is 0 Å². The summed E-state index contributed by atoms with van der Waals surface area (Å²) in [5.74, 6) is 0.678. The highest BCUT2D eigenvalue weighted by Crippen LogP contribution is 2.62. The first kappa shape index (κ1) is 30.3. The second-order valence-electron chi connectivity index (χ2n) is 13.2. The fourth-order valence-electron chi connectivity index (χ4n) is 8.15. The Hall–Kier alpha value is -6.54. The SMILES string of the molecule is N#Cc1ccc2c(c1)C1(c3ccccc3Sc3ccccc31)c1cc(-c3ccccc3-c3nc(-c4ccccc4)cc(-c4ccccc4)n3)ccc1-2. The summed E-state index contributed by atoms with van der Waals surface area (Å²) in [5.41, 5.74) is 14.2. The van der Waals surface area contributed by atoms with Crippen molar-refractivity contribution in [3.8, 4) is 62.2 Å². The summed E-state index contributed by atoms with van der Waals surface area (Å²) in [5, 5.41) is 10.1. The third-order valence-electron chi connectivity index (χ3n) is 10.4. The van der Waals surface area contributed by atoms with Gasteiger partial charge in [-0.2, -0.15) is 5.26 Å². The van der Waals surface area contributed by atoms with Gasteiger partial charge in [0.05, 0.1) is 28.4 Å². The van der Waals surface area contributed by atoms with Crippen molar-refractivity contribution in [2.45, 2.75) is 15.2 Å². The van der Waals surface area contributed by atoms with Gasteiger partial charge in [-0.3, -0.25) is 0 Å². The van der Waals surface area contributed by atoms with E-state index in [2.05, 4.69) is 140 Å². The van der Waals surface area contributed by atoms with Crippen molar-refractivity contribution in [3.63, 3.8) is 0 Å². The molecule has 10 rings (SSSR count). The summed E-state index contributed by atoms with van der Waals surface area (Å²) in [4.78, 5) is 12.9. The van der Waals surface area contributed by atoms with Crippen molar-refractivity contribution in [3.05, 3.63) is 204 Å². The predicted molar refractivity (Wildman–Crippen MR) is 210 cm³/mol. The van der Waals surface area contributed by atoms with Crippen molar-refractivity contribution in [2.24, 2.45) is 0 Å². The maximum Gasteiger partial charge on any atom is 0.161 e. The van der Waals surface area contributed by atoms with E-state index in [1.165, 1.54) is 32.0 Å². The molecule has 0 fully saturated rings. The molecule has 2 aliphatic rings. The molecule has 3 nitrogen and oxygen atoms in total. The summed E-state index contributed by atoms with van der Waals surface area (Å²) >= 11 is 1.82. The summed E-state index contributed by atoms with van der Waals surface area (Å²) < 4.78 is 0. The maximum absolute atomic E-state index is 10.1. The van der Waals surface area contributed by atoms with E-state index >= 15 is 0 Å². The first-order valence-corrected chi connectivity index (χ1v) is 18.2. The molecule has 0 saturated heterocycles. The van der Waals surface area contributed by atoms with Gasteiger partial charge in [0.1, 0.15) is 0 Å². The molecule has 2 heterocycles. The molecule has 1 aliphatic heterocycles. The van der Waals surface area contributed by atoms with Crippen molar-refractivity contribution < 1.29 is 0 Å². The van der Waals surface area contributed by atoms with Crippen molar-refractivity contribution in [1.29, 1.82) is 5.26 Å². The number of nitrogens with zero attached hydrogens (tertiary/aromatic N) is 3. The van der Waals surface area contributed by atoms with Crippen molar-refractivity contribution >= 4 is 11.8 Å². The molecule has 242 valence electrons. The Bertz CT molecular complexity index is 2630. The fraction of sp³-hybridized carbons (Fsp3) is 0.0208. The van der Waals surface area contributed by atoms with Gasteiger partial charge in [-0.1, -0.05) is 151 Å². The molecular formula is C48H29N3S. The topological polar surface area (TPSA) is 49.6 Å². The minimum atomic E-state index is -0.592. The zero-order valence-electron chi connectivity index (χ0n) is 28.0. The smallest absolute Gasteiger partial charge is 0.161 e. The highest BCUT2D eigenvalue weighted by atomic mass is 32.2. The van der Waals surface area contributed by atoms with Gasteiger partial charge in [-0.05, 0) is 80.9 Å². The molecular weight excluding hydrogens is 651 g/mol. The number of nitriles is 1. The Morgan fingerprint density at radius 2 is 0.942 bits per heavy atom. The van der Waals surface area contributed by atoms with Gasteiger partial charge in [0.25, 0.3) is 0 Å².